The van der Waals surface area contributed by atoms with Crippen LogP contribution in [0, 0.1) is 0 Å². The highest BCUT2D eigenvalue weighted by atomic mass is 15.2. The van der Waals surface area contributed by atoms with Crippen LogP contribution in [0.25, 0.3) is 0 Å². The first kappa shape index (κ1) is 10.4. The third-order valence-electron chi connectivity index (χ3n) is 3.80. The minimum absolute atomic E-state index is 0.843. The van der Waals surface area contributed by atoms with Gasteiger partial charge in [-0.3, -0.25) is 4.90 Å². The fourth-order valence-corrected chi connectivity index (χ4v) is 2.87. The number of likely N-dealkylation sites (tertiary alicyclic amines) is 2. The van der Waals surface area contributed by atoms with E-state index in [9.17, 15) is 0 Å². The lowest BCUT2D eigenvalue weighted by molar-refractivity contribution is 0.174. The summed E-state index contributed by atoms with van der Waals surface area (Å²) in [5, 5.41) is 0. The standard InChI is InChI=1S/C12H24N2/c1-2-12(14-9-5-6-10-14)11-13-7-3-4-8-13/h12H,2-11H2,1H3. The molecule has 0 saturated carbocycles. The van der Waals surface area contributed by atoms with Crippen molar-refractivity contribution in [2.45, 2.75) is 45.1 Å². The molecule has 2 saturated heterocycles. The molecular formula is C12H24N2. The quantitative estimate of drug-likeness (QED) is 0.678. The van der Waals surface area contributed by atoms with Crippen LogP contribution in [0.5, 0.6) is 0 Å². The average Bonchev–Trinajstić information content (AvgIpc) is 2.86. The van der Waals surface area contributed by atoms with Crippen molar-refractivity contribution in [3.8, 4) is 0 Å². The van der Waals surface area contributed by atoms with E-state index < -0.39 is 0 Å². The molecule has 0 spiro atoms. The first-order valence-corrected chi connectivity index (χ1v) is 6.36. The van der Waals surface area contributed by atoms with Gasteiger partial charge in [0.15, 0.2) is 0 Å². The van der Waals surface area contributed by atoms with Gasteiger partial charge in [0.1, 0.15) is 0 Å². The van der Waals surface area contributed by atoms with Crippen LogP contribution in [0.1, 0.15) is 39.0 Å². The lowest BCUT2D eigenvalue weighted by Gasteiger charge is -2.30. The molecule has 0 aromatic heterocycles. The molecule has 2 rings (SSSR count). The summed E-state index contributed by atoms with van der Waals surface area (Å²) in [6, 6.07) is 0.843. The Morgan fingerprint density at radius 3 is 2.07 bits per heavy atom. The minimum Gasteiger partial charge on any atom is -0.302 e. The van der Waals surface area contributed by atoms with E-state index in [2.05, 4.69) is 16.7 Å². The largest absolute Gasteiger partial charge is 0.302 e. The molecular weight excluding hydrogens is 172 g/mol. The highest BCUT2D eigenvalue weighted by Crippen LogP contribution is 2.17. The number of hydrogen-bond donors (Lipinski definition) is 0. The van der Waals surface area contributed by atoms with E-state index in [1.807, 2.05) is 0 Å². The van der Waals surface area contributed by atoms with Gasteiger partial charge in [-0.2, -0.15) is 0 Å². The van der Waals surface area contributed by atoms with Crippen molar-refractivity contribution < 1.29 is 0 Å². The zero-order chi connectivity index (χ0) is 9.80. The Morgan fingerprint density at radius 2 is 1.50 bits per heavy atom. The van der Waals surface area contributed by atoms with Crippen LogP contribution in [-0.2, 0) is 0 Å². The van der Waals surface area contributed by atoms with Crippen molar-refractivity contribution in [3.63, 3.8) is 0 Å². The van der Waals surface area contributed by atoms with Crippen LogP contribution in [0.2, 0.25) is 0 Å². The molecule has 14 heavy (non-hydrogen) atoms. The van der Waals surface area contributed by atoms with Crippen LogP contribution >= 0.6 is 0 Å². The third-order valence-corrected chi connectivity index (χ3v) is 3.80. The van der Waals surface area contributed by atoms with Gasteiger partial charge < -0.3 is 4.90 Å². The topological polar surface area (TPSA) is 6.48 Å². The second-order valence-corrected chi connectivity index (χ2v) is 4.81. The zero-order valence-corrected chi connectivity index (χ0v) is 9.54. The Morgan fingerprint density at radius 1 is 0.929 bits per heavy atom. The van der Waals surface area contributed by atoms with Crippen LogP contribution in [0.3, 0.4) is 0 Å². The molecule has 1 unspecified atom stereocenters. The van der Waals surface area contributed by atoms with Crippen molar-refractivity contribution in [1.82, 2.24) is 9.80 Å². The Balaban J connectivity index is 1.79. The van der Waals surface area contributed by atoms with Crippen molar-refractivity contribution in [2.24, 2.45) is 0 Å². The highest BCUT2D eigenvalue weighted by molar-refractivity contribution is 4.80. The lowest BCUT2D eigenvalue weighted by Crippen LogP contribution is -2.41. The summed E-state index contributed by atoms with van der Waals surface area (Å²) < 4.78 is 0. The summed E-state index contributed by atoms with van der Waals surface area (Å²) in [6.07, 6.45) is 7.04. The van der Waals surface area contributed by atoms with Crippen LogP contribution < -0.4 is 0 Å². The van der Waals surface area contributed by atoms with Gasteiger partial charge >= 0.3 is 0 Å². The Bertz CT molecular complexity index is 158. The summed E-state index contributed by atoms with van der Waals surface area (Å²) in [5.41, 5.74) is 0. The summed E-state index contributed by atoms with van der Waals surface area (Å²) in [4.78, 5) is 5.37. The molecule has 0 bridgehead atoms. The first-order valence-electron chi connectivity index (χ1n) is 6.36. The fraction of sp³-hybridized carbons (Fsp3) is 1.00. The van der Waals surface area contributed by atoms with Gasteiger partial charge in [0.2, 0.25) is 0 Å². The number of nitrogens with zero attached hydrogens (tertiary/aromatic N) is 2. The molecule has 0 N–H and O–H groups in total. The van der Waals surface area contributed by atoms with Crippen LogP contribution in [0.15, 0.2) is 0 Å². The van der Waals surface area contributed by atoms with E-state index in [1.165, 1.54) is 64.8 Å². The van der Waals surface area contributed by atoms with Crippen LogP contribution in [0.4, 0.5) is 0 Å². The Hall–Kier alpha value is -0.0800. The summed E-state index contributed by atoms with van der Waals surface area (Å²) in [6.45, 7) is 9.09. The molecule has 0 radical (unpaired) electrons. The molecule has 82 valence electrons. The Kier molecular flexibility index (Phi) is 3.82. The van der Waals surface area contributed by atoms with E-state index in [0.29, 0.717) is 0 Å². The molecule has 2 nitrogen and oxygen atoms in total. The number of hydrogen-bond acceptors (Lipinski definition) is 2. The van der Waals surface area contributed by atoms with Gasteiger partial charge in [-0.15, -0.1) is 0 Å². The minimum atomic E-state index is 0.843. The fourth-order valence-electron chi connectivity index (χ4n) is 2.87. The van der Waals surface area contributed by atoms with Gasteiger partial charge in [-0.25, -0.2) is 0 Å². The monoisotopic (exact) mass is 196 g/mol. The maximum atomic E-state index is 2.71. The number of rotatable bonds is 4. The van der Waals surface area contributed by atoms with E-state index in [-0.39, 0.29) is 0 Å². The molecule has 2 heteroatoms. The molecule has 0 aromatic rings. The summed E-state index contributed by atoms with van der Waals surface area (Å²) in [7, 11) is 0. The van der Waals surface area contributed by atoms with Gasteiger partial charge in [0.25, 0.3) is 0 Å². The molecule has 1 atom stereocenters. The Labute approximate surface area is 88.3 Å². The van der Waals surface area contributed by atoms with E-state index in [0.717, 1.165) is 6.04 Å². The van der Waals surface area contributed by atoms with Gasteiger partial charge in [-0.05, 0) is 58.3 Å². The van der Waals surface area contributed by atoms with Crippen molar-refractivity contribution in [1.29, 1.82) is 0 Å². The van der Waals surface area contributed by atoms with Crippen LogP contribution in [-0.4, -0.2) is 48.6 Å². The molecule has 0 aliphatic carbocycles. The second kappa shape index (κ2) is 5.13. The molecule has 2 fully saturated rings. The molecule has 2 aliphatic rings. The molecule has 0 aromatic carbocycles. The molecule has 2 aliphatic heterocycles. The highest BCUT2D eigenvalue weighted by Gasteiger charge is 2.23. The van der Waals surface area contributed by atoms with E-state index in [1.54, 1.807) is 0 Å². The normalized spacial score (nSPS) is 27.2. The third kappa shape index (κ3) is 2.48. The maximum Gasteiger partial charge on any atom is 0.0220 e. The SMILES string of the molecule is CCC(CN1CCCC1)N1CCCC1. The maximum absolute atomic E-state index is 2.71. The second-order valence-electron chi connectivity index (χ2n) is 4.81. The average molecular weight is 196 g/mol. The van der Waals surface area contributed by atoms with Gasteiger partial charge in [0, 0.05) is 12.6 Å². The lowest BCUT2D eigenvalue weighted by atomic mass is 10.2. The summed E-state index contributed by atoms with van der Waals surface area (Å²) >= 11 is 0. The van der Waals surface area contributed by atoms with Crippen molar-refractivity contribution in [2.75, 3.05) is 32.7 Å². The van der Waals surface area contributed by atoms with Crippen molar-refractivity contribution in [3.05, 3.63) is 0 Å². The van der Waals surface area contributed by atoms with E-state index >= 15 is 0 Å². The molecule has 2 heterocycles. The smallest absolute Gasteiger partial charge is 0.0220 e. The zero-order valence-electron chi connectivity index (χ0n) is 9.54. The predicted octanol–water partition coefficient (Wildman–Crippen LogP) is 1.96. The van der Waals surface area contributed by atoms with Crippen molar-refractivity contribution >= 4 is 0 Å². The summed E-state index contributed by atoms with van der Waals surface area (Å²) in [5.74, 6) is 0. The van der Waals surface area contributed by atoms with Gasteiger partial charge in [0.05, 0.1) is 0 Å². The van der Waals surface area contributed by atoms with Gasteiger partial charge in [-0.1, -0.05) is 6.92 Å². The predicted molar refractivity (Wildman–Crippen MR) is 60.6 cm³/mol. The van der Waals surface area contributed by atoms with E-state index in [4.69, 9.17) is 0 Å². The first-order chi connectivity index (χ1) is 6.90. The molecule has 0 amide bonds.